The lowest BCUT2D eigenvalue weighted by atomic mass is 9.94. The van der Waals surface area contributed by atoms with Gasteiger partial charge in [-0.1, -0.05) is 18.2 Å². The van der Waals surface area contributed by atoms with Crippen molar-refractivity contribution in [3.8, 4) is 22.3 Å². The Morgan fingerprint density at radius 3 is 2.68 bits per heavy atom. The van der Waals surface area contributed by atoms with Crippen LogP contribution in [0.3, 0.4) is 0 Å². The van der Waals surface area contributed by atoms with Crippen molar-refractivity contribution < 1.29 is 0 Å². The summed E-state index contributed by atoms with van der Waals surface area (Å²) in [6, 6.07) is 15.4. The lowest BCUT2D eigenvalue weighted by Gasteiger charge is -2.19. The van der Waals surface area contributed by atoms with E-state index in [9.17, 15) is 0 Å². The molecule has 168 valence electrons. The number of benzene rings is 2. The van der Waals surface area contributed by atoms with Crippen LogP contribution < -0.4 is 10.3 Å². The molecule has 3 aromatic heterocycles. The first-order valence-electron chi connectivity index (χ1n) is 11.2. The minimum Gasteiger partial charge on any atom is -0.378 e. The molecule has 0 spiro atoms. The molecular weight excluding hydrogens is 440 g/mol. The van der Waals surface area contributed by atoms with Crippen LogP contribution in [0.1, 0.15) is 22.5 Å². The van der Waals surface area contributed by atoms with Crippen LogP contribution in [0.15, 0.2) is 70.7 Å². The van der Waals surface area contributed by atoms with Gasteiger partial charge in [-0.15, -0.1) is 0 Å². The van der Waals surface area contributed by atoms with Crippen LogP contribution in [0.25, 0.3) is 33.3 Å². The second kappa shape index (κ2) is 8.11. The maximum atomic E-state index is 4.98. The number of thiophene rings is 1. The van der Waals surface area contributed by atoms with E-state index in [1.807, 2.05) is 12.4 Å². The number of anilines is 1. The van der Waals surface area contributed by atoms with E-state index in [2.05, 4.69) is 99.6 Å². The smallest absolute Gasteiger partial charge is 0.159 e. The van der Waals surface area contributed by atoms with Crippen LogP contribution in [-0.4, -0.2) is 34.8 Å². The van der Waals surface area contributed by atoms with Crippen LogP contribution in [0.5, 0.6) is 0 Å². The van der Waals surface area contributed by atoms with Crippen LogP contribution in [0.2, 0.25) is 0 Å². The topological polar surface area (TPSA) is 69.2 Å². The van der Waals surface area contributed by atoms with Gasteiger partial charge in [0.15, 0.2) is 5.82 Å². The van der Waals surface area contributed by atoms with E-state index in [1.54, 1.807) is 11.3 Å². The molecule has 4 heterocycles. The van der Waals surface area contributed by atoms with E-state index in [4.69, 9.17) is 4.98 Å². The van der Waals surface area contributed by atoms with Crippen molar-refractivity contribution in [1.29, 1.82) is 0 Å². The molecule has 0 bridgehead atoms. The molecule has 5 aromatic rings. The van der Waals surface area contributed by atoms with Crippen LogP contribution in [-0.2, 0) is 6.54 Å². The summed E-state index contributed by atoms with van der Waals surface area (Å²) in [6.07, 6.45) is 3.70. The lowest BCUT2D eigenvalue weighted by Crippen LogP contribution is -2.22. The Bertz CT molecular complexity index is 1550. The molecular formula is C27H24N6S. The van der Waals surface area contributed by atoms with E-state index in [1.165, 1.54) is 22.4 Å². The fourth-order valence-corrected chi connectivity index (χ4v) is 5.09. The van der Waals surface area contributed by atoms with Gasteiger partial charge in [-0.05, 0) is 69.8 Å². The Labute approximate surface area is 202 Å². The van der Waals surface area contributed by atoms with Gasteiger partial charge >= 0.3 is 0 Å². The molecule has 0 unspecified atom stereocenters. The van der Waals surface area contributed by atoms with E-state index in [0.717, 1.165) is 44.8 Å². The molecule has 7 heteroatoms. The number of nitrogens with one attached hydrogen (secondary N) is 2. The van der Waals surface area contributed by atoms with Crippen molar-refractivity contribution in [2.75, 3.05) is 19.0 Å². The number of hydrogen-bond acceptors (Lipinski definition) is 6. The average molecular weight is 465 g/mol. The Morgan fingerprint density at radius 2 is 1.85 bits per heavy atom. The molecule has 0 saturated heterocycles. The highest BCUT2D eigenvalue weighted by Gasteiger charge is 2.21. The molecule has 0 aliphatic carbocycles. The SMILES string of the molecule is Cc1cc(-c2ccc3c(c2)C(c2nc4c(-c5ccsc5)cncc4[nH]2)=NNC3)cc(N(C)C)c1. The molecule has 1 aliphatic rings. The van der Waals surface area contributed by atoms with E-state index in [0.29, 0.717) is 6.54 Å². The summed E-state index contributed by atoms with van der Waals surface area (Å²) < 4.78 is 0. The van der Waals surface area contributed by atoms with Gasteiger partial charge in [0, 0.05) is 37.1 Å². The Hall–Kier alpha value is -3.97. The molecule has 0 amide bonds. The predicted octanol–water partition coefficient (Wildman–Crippen LogP) is 5.58. The number of hydrazone groups is 1. The monoisotopic (exact) mass is 464 g/mol. The first kappa shape index (κ1) is 20.6. The van der Waals surface area contributed by atoms with Crippen LogP contribution in [0, 0.1) is 6.92 Å². The maximum Gasteiger partial charge on any atom is 0.159 e. The fraction of sp³-hybridized carbons (Fsp3) is 0.148. The predicted molar refractivity (Wildman–Crippen MR) is 141 cm³/mol. The standard InChI is InChI=1S/C27H24N6S/c1-16-8-20(10-21(9-16)33(2)3)17-4-5-18-12-29-32-26(22(18)11-17)27-30-24-14-28-13-23(25(24)31-27)19-6-7-34-15-19/h4-11,13-15,29H,12H2,1-3H3,(H,30,31). The molecule has 0 radical (unpaired) electrons. The molecule has 1 aliphatic heterocycles. The van der Waals surface area contributed by atoms with Crippen LogP contribution in [0.4, 0.5) is 5.69 Å². The zero-order valence-corrected chi connectivity index (χ0v) is 20.1. The molecule has 0 atom stereocenters. The average Bonchev–Trinajstić information content (AvgIpc) is 3.53. The number of imidazole rings is 1. The van der Waals surface area contributed by atoms with Gasteiger partial charge in [-0.2, -0.15) is 16.4 Å². The number of H-pyrrole nitrogens is 1. The summed E-state index contributed by atoms with van der Waals surface area (Å²) in [4.78, 5) is 15.0. The number of aromatic amines is 1. The second-order valence-electron chi connectivity index (χ2n) is 8.80. The van der Waals surface area contributed by atoms with E-state index < -0.39 is 0 Å². The second-order valence-corrected chi connectivity index (χ2v) is 9.58. The summed E-state index contributed by atoms with van der Waals surface area (Å²) in [5.41, 5.74) is 15.0. The number of rotatable bonds is 4. The Morgan fingerprint density at radius 1 is 0.941 bits per heavy atom. The van der Waals surface area contributed by atoms with E-state index in [-0.39, 0.29) is 0 Å². The van der Waals surface area contributed by atoms with Crippen molar-refractivity contribution in [2.24, 2.45) is 5.10 Å². The van der Waals surface area contributed by atoms with Gasteiger partial charge in [-0.25, -0.2) is 4.98 Å². The number of aromatic nitrogens is 3. The van der Waals surface area contributed by atoms with Crippen molar-refractivity contribution in [1.82, 2.24) is 20.4 Å². The quantitative estimate of drug-likeness (QED) is 0.364. The van der Waals surface area contributed by atoms with Gasteiger partial charge in [0.1, 0.15) is 11.2 Å². The van der Waals surface area contributed by atoms with Crippen molar-refractivity contribution in [3.05, 3.63) is 88.1 Å². The molecule has 6 rings (SSSR count). The summed E-state index contributed by atoms with van der Waals surface area (Å²) in [7, 11) is 4.14. The molecule has 34 heavy (non-hydrogen) atoms. The normalized spacial score (nSPS) is 12.9. The maximum absolute atomic E-state index is 4.98. The number of aryl methyl sites for hydroxylation is 1. The lowest BCUT2D eigenvalue weighted by molar-refractivity contribution is 0.728. The zero-order valence-electron chi connectivity index (χ0n) is 19.3. The highest BCUT2D eigenvalue weighted by atomic mass is 32.1. The molecule has 2 N–H and O–H groups in total. The van der Waals surface area contributed by atoms with Crippen molar-refractivity contribution >= 4 is 33.8 Å². The third-order valence-electron chi connectivity index (χ3n) is 6.19. The van der Waals surface area contributed by atoms with E-state index >= 15 is 0 Å². The Balaban J connectivity index is 1.46. The minimum absolute atomic E-state index is 0.692. The van der Waals surface area contributed by atoms with Gasteiger partial charge < -0.3 is 15.3 Å². The Kier molecular flexibility index (Phi) is 4.92. The summed E-state index contributed by atoms with van der Waals surface area (Å²) in [5.74, 6) is 0.739. The van der Waals surface area contributed by atoms with Crippen molar-refractivity contribution in [3.63, 3.8) is 0 Å². The first-order valence-corrected chi connectivity index (χ1v) is 12.1. The third kappa shape index (κ3) is 3.54. The largest absolute Gasteiger partial charge is 0.378 e. The van der Waals surface area contributed by atoms with Gasteiger partial charge in [0.2, 0.25) is 0 Å². The highest BCUT2D eigenvalue weighted by Crippen LogP contribution is 2.31. The van der Waals surface area contributed by atoms with Crippen molar-refractivity contribution in [2.45, 2.75) is 13.5 Å². The molecule has 2 aromatic carbocycles. The number of fused-ring (bicyclic) bond motifs is 2. The molecule has 0 fully saturated rings. The number of hydrogen-bond donors (Lipinski definition) is 2. The number of pyridine rings is 1. The van der Waals surface area contributed by atoms with Gasteiger partial charge in [-0.3, -0.25) is 4.98 Å². The van der Waals surface area contributed by atoms with Crippen LogP contribution >= 0.6 is 11.3 Å². The molecule has 0 saturated carbocycles. The van der Waals surface area contributed by atoms with Gasteiger partial charge in [0.25, 0.3) is 0 Å². The highest BCUT2D eigenvalue weighted by molar-refractivity contribution is 7.08. The molecule has 6 nitrogen and oxygen atoms in total. The van der Waals surface area contributed by atoms with Gasteiger partial charge in [0.05, 0.1) is 18.3 Å². The minimum atomic E-state index is 0.692. The number of nitrogens with zero attached hydrogens (tertiary/aromatic N) is 4. The summed E-state index contributed by atoms with van der Waals surface area (Å²) >= 11 is 1.67. The summed E-state index contributed by atoms with van der Waals surface area (Å²) in [6.45, 7) is 2.83. The zero-order chi connectivity index (χ0) is 23.2. The third-order valence-corrected chi connectivity index (χ3v) is 6.87. The fourth-order valence-electron chi connectivity index (χ4n) is 4.44. The summed E-state index contributed by atoms with van der Waals surface area (Å²) in [5, 5.41) is 8.87. The first-order chi connectivity index (χ1) is 16.6.